The molecule has 1 amide bonds. The molecule has 39 heavy (non-hydrogen) atoms. The van der Waals surface area contributed by atoms with Gasteiger partial charge >= 0.3 is 5.97 Å². The lowest BCUT2D eigenvalue weighted by atomic mass is 9.73. The fraction of sp³-hybridized carbons (Fsp3) is 0.258. The Morgan fingerprint density at radius 2 is 1.67 bits per heavy atom. The van der Waals surface area contributed by atoms with Crippen molar-refractivity contribution in [3.63, 3.8) is 0 Å². The second-order valence-corrected chi connectivity index (χ2v) is 11.7. The number of nitrogens with zero attached hydrogens (tertiary/aromatic N) is 1. The minimum atomic E-state index is -0.959. The first-order valence-corrected chi connectivity index (χ1v) is 14.3. The molecular formula is C31H28Cl2N2O3S. The molecule has 3 aromatic carbocycles. The number of nitrogens with one attached hydrogen (secondary N) is 1. The molecule has 2 N–H and O–H groups in total. The third-order valence-electron chi connectivity index (χ3n) is 6.71. The number of aliphatic carboxylic acids is 1. The normalized spacial score (nSPS) is 12.7. The second-order valence-electron chi connectivity index (χ2n) is 9.92. The minimum Gasteiger partial charge on any atom is -0.481 e. The zero-order valence-corrected chi connectivity index (χ0v) is 23.9. The van der Waals surface area contributed by atoms with Crippen molar-refractivity contribution in [3.05, 3.63) is 104 Å². The van der Waals surface area contributed by atoms with Crippen molar-refractivity contribution in [2.45, 2.75) is 38.5 Å². The van der Waals surface area contributed by atoms with Crippen LogP contribution in [-0.2, 0) is 4.79 Å². The fourth-order valence-corrected chi connectivity index (χ4v) is 6.38. The molecule has 1 unspecified atom stereocenters. The van der Waals surface area contributed by atoms with E-state index in [0.29, 0.717) is 27.1 Å². The molecule has 2 atom stereocenters. The number of rotatable bonds is 10. The van der Waals surface area contributed by atoms with Gasteiger partial charge in [0.15, 0.2) is 0 Å². The molecule has 1 heterocycles. The van der Waals surface area contributed by atoms with Gasteiger partial charge in [-0.25, -0.2) is 0 Å². The Hall–Kier alpha value is -3.37. The van der Waals surface area contributed by atoms with E-state index in [9.17, 15) is 14.9 Å². The average Bonchev–Trinajstić information content (AvgIpc) is 3.31. The molecule has 0 saturated carbocycles. The molecular weight excluding hydrogens is 551 g/mol. The highest BCUT2D eigenvalue weighted by molar-refractivity contribution is 7.17. The zero-order chi connectivity index (χ0) is 28.1. The Labute approximate surface area is 242 Å². The van der Waals surface area contributed by atoms with Gasteiger partial charge in [-0.05, 0) is 82.1 Å². The van der Waals surface area contributed by atoms with E-state index in [-0.39, 0.29) is 30.7 Å². The summed E-state index contributed by atoms with van der Waals surface area (Å²) in [4.78, 5) is 23.3. The Bertz CT molecular complexity index is 1520. The largest absolute Gasteiger partial charge is 0.481 e. The molecule has 200 valence electrons. The van der Waals surface area contributed by atoms with Crippen molar-refractivity contribution < 1.29 is 14.7 Å². The van der Waals surface area contributed by atoms with Crippen LogP contribution in [0.25, 0.3) is 10.1 Å². The summed E-state index contributed by atoms with van der Waals surface area (Å²) in [6, 6.07) is 21.3. The van der Waals surface area contributed by atoms with Crippen molar-refractivity contribution in [2.24, 2.45) is 5.92 Å². The van der Waals surface area contributed by atoms with Crippen LogP contribution in [0.1, 0.15) is 71.1 Å². The molecule has 0 spiro atoms. The SMILES string of the molecule is CC(C)C[C@H](c1ccc(C(=O)NCCC(=O)O)cc1)C(c1ccc(Cl)cc1)c1csc2c(C#N)cc(Cl)cc12. The molecule has 4 rings (SSSR count). The first kappa shape index (κ1) is 28.6. The molecule has 0 saturated heterocycles. The number of hydrogen-bond acceptors (Lipinski definition) is 4. The molecule has 5 nitrogen and oxygen atoms in total. The van der Waals surface area contributed by atoms with Gasteiger partial charge in [0.2, 0.25) is 0 Å². The van der Waals surface area contributed by atoms with E-state index in [1.165, 1.54) is 0 Å². The maximum atomic E-state index is 12.5. The number of amides is 1. The Kier molecular flexibility index (Phi) is 9.29. The predicted molar refractivity (Wildman–Crippen MR) is 158 cm³/mol. The minimum absolute atomic E-state index is 0.0533. The van der Waals surface area contributed by atoms with Gasteiger partial charge in [-0.15, -0.1) is 11.3 Å². The first-order chi connectivity index (χ1) is 18.7. The average molecular weight is 580 g/mol. The summed E-state index contributed by atoms with van der Waals surface area (Å²) in [5.74, 6) is -0.886. The lowest BCUT2D eigenvalue weighted by Gasteiger charge is -2.30. The Morgan fingerprint density at radius 1 is 1.00 bits per heavy atom. The third-order valence-corrected chi connectivity index (χ3v) is 8.22. The van der Waals surface area contributed by atoms with Crippen LogP contribution in [0.15, 0.2) is 66.0 Å². The lowest BCUT2D eigenvalue weighted by Crippen LogP contribution is -2.26. The number of halogens is 2. The summed E-state index contributed by atoms with van der Waals surface area (Å²) in [6.07, 6.45) is 0.746. The van der Waals surface area contributed by atoms with Crippen molar-refractivity contribution in [1.29, 1.82) is 5.26 Å². The predicted octanol–water partition coefficient (Wildman–Crippen LogP) is 8.25. The third kappa shape index (κ3) is 6.80. The maximum Gasteiger partial charge on any atom is 0.305 e. The van der Waals surface area contributed by atoms with Crippen LogP contribution in [0.3, 0.4) is 0 Å². The van der Waals surface area contributed by atoms with Gasteiger partial charge in [-0.3, -0.25) is 9.59 Å². The summed E-state index contributed by atoms with van der Waals surface area (Å²) in [5.41, 5.74) is 4.30. The lowest BCUT2D eigenvalue weighted by molar-refractivity contribution is -0.136. The highest BCUT2D eigenvalue weighted by Gasteiger charge is 2.30. The van der Waals surface area contributed by atoms with Crippen LogP contribution < -0.4 is 5.32 Å². The molecule has 0 bridgehead atoms. The number of benzene rings is 3. The van der Waals surface area contributed by atoms with Crippen LogP contribution in [0.4, 0.5) is 0 Å². The van der Waals surface area contributed by atoms with E-state index in [0.717, 1.165) is 33.2 Å². The number of carboxylic acids is 1. The number of nitriles is 1. The van der Waals surface area contributed by atoms with Crippen LogP contribution >= 0.6 is 34.5 Å². The van der Waals surface area contributed by atoms with Gasteiger partial charge in [-0.2, -0.15) is 5.26 Å². The van der Waals surface area contributed by atoms with Gasteiger partial charge in [-0.1, -0.05) is 61.3 Å². The van der Waals surface area contributed by atoms with Gasteiger partial charge in [0.1, 0.15) is 6.07 Å². The summed E-state index contributed by atoms with van der Waals surface area (Å²) in [6.45, 7) is 4.45. The molecule has 1 aromatic heterocycles. The smallest absolute Gasteiger partial charge is 0.305 e. The molecule has 8 heteroatoms. The number of fused-ring (bicyclic) bond motifs is 1. The molecule has 0 aliphatic carbocycles. The number of carboxylic acid groups (broad SMARTS) is 1. The number of thiophene rings is 1. The van der Waals surface area contributed by atoms with Gasteiger partial charge in [0.25, 0.3) is 5.91 Å². The zero-order valence-electron chi connectivity index (χ0n) is 21.6. The highest BCUT2D eigenvalue weighted by atomic mass is 35.5. The summed E-state index contributed by atoms with van der Waals surface area (Å²) >= 11 is 14.3. The second kappa shape index (κ2) is 12.7. The van der Waals surface area contributed by atoms with Gasteiger partial charge in [0, 0.05) is 28.1 Å². The standard InChI is InChI=1S/C31H28Cl2N2O3S/c1-18(2)13-25(19-3-5-21(6-4-19)31(38)35-12-11-28(36)37)29(20-7-9-23(32)10-8-20)27-17-39-30-22(16-34)14-24(33)15-26(27)30/h3-10,14-15,17-18,25,29H,11-13H2,1-2H3,(H,35,38)(H,36,37)/t25-,29?/m1/s1. The van der Waals surface area contributed by atoms with Crippen LogP contribution in [0.5, 0.6) is 0 Å². The first-order valence-electron chi connectivity index (χ1n) is 12.6. The number of carbonyl (C=O) groups excluding carboxylic acids is 1. The van der Waals surface area contributed by atoms with E-state index in [4.69, 9.17) is 28.3 Å². The van der Waals surface area contributed by atoms with Crippen LogP contribution in [0, 0.1) is 17.2 Å². The maximum absolute atomic E-state index is 12.5. The highest BCUT2D eigenvalue weighted by Crippen LogP contribution is 2.47. The number of hydrogen-bond donors (Lipinski definition) is 2. The van der Waals surface area contributed by atoms with Gasteiger partial charge in [0.05, 0.1) is 16.7 Å². The van der Waals surface area contributed by atoms with E-state index >= 15 is 0 Å². The van der Waals surface area contributed by atoms with Crippen LogP contribution in [-0.4, -0.2) is 23.5 Å². The monoisotopic (exact) mass is 578 g/mol. The fourth-order valence-electron chi connectivity index (χ4n) is 4.98. The Balaban J connectivity index is 1.80. The van der Waals surface area contributed by atoms with E-state index in [1.807, 2.05) is 42.5 Å². The van der Waals surface area contributed by atoms with E-state index < -0.39 is 5.97 Å². The van der Waals surface area contributed by atoms with Crippen molar-refractivity contribution in [3.8, 4) is 6.07 Å². The molecule has 0 aliphatic heterocycles. The van der Waals surface area contributed by atoms with Crippen molar-refractivity contribution >= 4 is 56.5 Å². The van der Waals surface area contributed by atoms with E-state index in [2.05, 4.69) is 30.6 Å². The summed E-state index contributed by atoms with van der Waals surface area (Å²) < 4.78 is 0.910. The Morgan fingerprint density at radius 3 is 2.28 bits per heavy atom. The van der Waals surface area contributed by atoms with Crippen LogP contribution in [0.2, 0.25) is 10.0 Å². The molecule has 0 radical (unpaired) electrons. The number of carbonyl (C=O) groups is 2. The summed E-state index contributed by atoms with van der Waals surface area (Å²) in [5, 5.41) is 25.5. The molecule has 0 aliphatic rings. The van der Waals surface area contributed by atoms with Crippen molar-refractivity contribution in [2.75, 3.05) is 6.54 Å². The summed E-state index contributed by atoms with van der Waals surface area (Å²) in [7, 11) is 0. The van der Waals surface area contributed by atoms with Gasteiger partial charge < -0.3 is 10.4 Å². The van der Waals surface area contributed by atoms with E-state index in [1.54, 1.807) is 29.5 Å². The molecule has 4 aromatic rings. The molecule has 0 fully saturated rings. The topological polar surface area (TPSA) is 90.2 Å². The quantitative estimate of drug-likeness (QED) is 0.198. The van der Waals surface area contributed by atoms with Crippen molar-refractivity contribution in [1.82, 2.24) is 5.32 Å².